The number of hydrogen-bond donors (Lipinski definition) is 1. The molecule has 8 heteroatoms. The standard InChI is InChI=1S/C23H38N2O5S/c1-22(2,3)18(26)11-12-31(30)17-13-19(27)25(21(17)29)14-15-7-9-16(10-8-15)20(28)24-23(4,5)6/h15-17H,7-14H2,1-6H3,(H,24,28). The van der Waals surface area contributed by atoms with Crippen molar-refractivity contribution in [3.8, 4) is 0 Å². The van der Waals surface area contributed by atoms with E-state index in [0.717, 1.165) is 25.7 Å². The van der Waals surface area contributed by atoms with Gasteiger partial charge in [-0.05, 0) is 52.4 Å². The summed E-state index contributed by atoms with van der Waals surface area (Å²) in [4.78, 5) is 50.9. The van der Waals surface area contributed by atoms with E-state index in [1.54, 1.807) is 0 Å². The molecule has 2 aliphatic rings. The van der Waals surface area contributed by atoms with Crippen LogP contribution in [0.1, 0.15) is 80.1 Å². The number of imide groups is 1. The molecule has 1 heterocycles. The maximum atomic E-state index is 12.8. The fourth-order valence-electron chi connectivity index (χ4n) is 4.10. The summed E-state index contributed by atoms with van der Waals surface area (Å²) in [6, 6.07) is 0. The van der Waals surface area contributed by atoms with Crippen LogP contribution >= 0.6 is 0 Å². The van der Waals surface area contributed by atoms with Gasteiger partial charge in [0.05, 0.1) is 6.42 Å². The number of Topliss-reactive ketones (excluding diaryl/α,β-unsaturated/α-hetero) is 1. The Kier molecular flexibility index (Phi) is 8.22. The summed E-state index contributed by atoms with van der Waals surface area (Å²) in [5.74, 6) is -0.331. The number of carbonyl (C=O) groups excluding carboxylic acids is 4. The Hall–Kier alpha value is -1.57. The Balaban J connectivity index is 1.85. The largest absolute Gasteiger partial charge is 0.351 e. The van der Waals surface area contributed by atoms with Crippen LogP contribution in [0.3, 0.4) is 0 Å². The highest BCUT2D eigenvalue weighted by molar-refractivity contribution is 7.86. The highest BCUT2D eigenvalue weighted by atomic mass is 32.2. The van der Waals surface area contributed by atoms with E-state index in [9.17, 15) is 23.4 Å². The molecule has 2 atom stereocenters. The topological polar surface area (TPSA) is 101 Å². The highest BCUT2D eigenvalue weighted by Gasteiger charge is 2.43. The van der Waals surface area contributed by atoms with Gasteiger partial charge in [-0.3, -0.25) is 28.3 Å². The lowest BCUT2D eigenvalue weighted by Crippen LogP contribution is -2.45. The molecule has 0 aromatic carbocycles. The van der Waals surface area contributed by atoms with Crippen LogP contribution in [0.5, 0.6) is 0 Å². The molecule has 2 unspecified atom stereocenters. The molecule has 0 spiro atoms. The first-order valence-electron chi connectivity index (χ1n) is 11.3. The Bertz CT molecular complexity index is 742. The van der Waals surface area contributed by atoms with Gasteiger partial charge < -0.3 is 5.32 Å². The monoisotopic (exact) mass is 454 g/mol. The predicted molar refractivity (Wildman–Crippen MR) is 121 cm³/mol. The third-order valence-electron chi connectivity index (χ3n) is 6.04. The molecule has 1 aliphatic heterocycles. The zero-order chi connectivity index (χ0) is 23.6. The third kappa shape index (κ3) is 7.22. The normalized spacial score (nSPS) is 26.1. The van der Waals surface area contributed by atoms with Crippen molar-refractivity contribution in [1.29, 1.82) is 0 Å². The summed E-state index contributed by atoms with van der Waals surface area (Å²) in [7, 11) is -1.54. The molecule has 2 rings (SSSR count). The quantitative estimate of drug-likeness (QED) is 0.596. The van der Waals surface area contributed by atoms with Crippen LogP contribution in [-0.4, -0.2) is 55.7 Å². The van der Waals surface area contributed by atoms with E-state index in [1.165, 1.54) is 4.90 Å². The molecule has 1 aliphatic carbocycles. The van der Waals surface area contributed by atoms with Gasteiger partial charge in [-0.1, -0.05) is 20.8 Å². The maximum Gasteiger partial charge on any atom is 0.245 e. The maximum absolute atomic E-state index is 12.8. The van der Waals surface area contributed by atoms with Crippen LogP contribution in [0.2, 0.25) is 0 Å². The van der Waals surface area contributed by atoms with Gasteiger partial charge in [0.15, 0.2) is 0 Å². The molecule has 1 saturated carbocycles. The van der Waals surface area contributed by atoms with Gasteiger partial charge in [-0.25, -0.2) is 0 Å². The summed E-state index contributed by atoms with van der Waals surface area (Å²) in [6.07, 6.45) is 3.16. The average Bonchev–Trinajstić information content (AvgIpc) is 2.92. The van der Waals surface area contributed by atoms with Crippen molar-refractivity contribution in [1.82, 2.24) is 10.2 Å². The molecule has 0 aromatic rings. The fraction of sp³-hybridized carbons (Fsp3) is 0.826. The number of nitrogens with one attached hydrogen (secondary N) is 1. The minimum absolute atomic E-state index is 0.00161. The van der Waals surface area contributed by atoms with E-state index in [0.29, 0.717) is 6.54 Å². The Morgan fingerprint density at radius 3 is 2.13 bits per heavy atom. The molecule has 3 amide bonds. The molecule has 0 radical (unpaired) electrons. The summed E-state index contributed by atoms with van der Waals surface area (Å²) in [5.41, 5.74) is -0.765. The summed E-state index contributed by atoms with van der Waals surface area (Å²) in [6.45, 7) is 11.6. The smallest absolute Gasteiger partial charge is 0.245 e. The zero-order valence-electron chi connectivity index (χ0n) is 19.8. The number of hydrogen-bond acceptors (Lipinski definition) is 5. The molecule has 2 fully saturated rings. The molecule has 176 valence electrons. The second kappa shape index (κ2) is 9.92. The van der Waals surface area contributed by atoms with Gasteiger partial charge in [0.1, 0.15) is 11.0 Å². The van der Waals surface area contributed by atoms with Gasteiger partial charge in [0, 0.05) is 46.4 Å². The van der Waals surface area contributed by atoms with E-state index in [2.05, 4.69) is 5.32 Å². The number of ketones is 1. The lowest BCUT2D eigenvalue weighted by atomic mass is 9.81. The second-order valence-electron chi connectivity index (χ2n) is 11.0. The SMILES string of the molecule is CC(C)(C)NC(=O)C1CCC(CN2C(=O)CC(S(=O)CCC(=O)C(C)(C)C)C2=O)CC1. The summed E-state index contributed by atoms with van der Waals surface area (Å²) in [5, 5.41) is 2.18. The Morgan fingerprint density at radius 1 is 1.03 bits per heavy atom. The zero-order valence-corrected chi connectivity index (χ0v) is 20.6. The molecule has 7 nitrogen and oxygen atoms in total. The lowest BCUT2D eigenvalue weighted by molar-refractivity contribution is -0.139. The van der Waals surface area contributed by atoms with Crippen molar-refractivity contribution in [2.45, 2.75) is 90.9 Å². The second-order valence-corrected chi connectivity index (χ2v) is 12.7. The van der Waals surface area contributed by atoms with E-state index >= 15 is 0 Å². The van der Waals surface area contributed by atoms with Crippen molar-refractivity contribution in [3.05, 3.63) is 0 Å². The highest BCUT2D eigenvalue weighted by Crippen LogP contribution is 2.31. The number of amides is 3. The first kappa shape index (κ1) is 25.7. The first-order valence-corrected chi connectivity index (χ1v) is 12.6. The fourth-order valence-corrected chi connectivity index (χ4v) is 5.45. The Morgan fingerprint density at radius 2 is 1.61 bits per heavy atom. The molecule has 31 heavy (non-hydrogen) atoms. The van der Waals surface area contributed by atoms with Crippen molar-refractivity contribution in [2.24, 2.45) is 17.3 Å². The number of carbonyl (C=O) groups is 4. The minimum atomic E-state index is -1.54. The van der Waals surface area contributed by atoms with Crippen LogP contribution in [0, 0.1) is 17.3 Å². The molecule has 0 bridgehead atoms. The van der Waals surface area contributed by atoms with E-state index in [1.807, 2.05) is 41.5 Å². The van der Waals surface area contributed by atoms with Crippen LogP contribution in [0.15, 0.2) is 0 Å². The van der Waals surface area contributed by atoms with Crippen LogP contribution in [0.4, 0.5) is 0 Å². The van der Waals surface area contributed by atoms with Gasteiger partial charge in [-0.2, -0.15) is 0 Å². The van der Waals surface area contributed by atoms with Crippen LogP contribution < -0.4 is 5.32 Å². The molecule has 0 aromatic heterocycles. The van der Waals surface area contributed by atoms with Gasteiger partial charge >= 0.3 is 0 Å². The van der Waals surface area contributed by atoms with E-state index in [-0.39, 0.29) is 59.5 Å². The number of nitrogens with zero attached hydrogens (tertiary/aromatic N) is 1. The van der Waals surface area contributed by atoms with Gasteiger partial charge in [0.2, 0.25) is 17.7 Å². The minimum Gasteiger partial charge on any atom is -0.351 e. The summed E-state index contributed by atoms with van der Waals surface area (Å²) < 4.78 is 12.6. The van der Waals surface area contributed by atoms with Gasteiger partial charge in [0.25, 0.3) is 0 Å². The van der Waals surface area contributed by atoms with E-state index < -0.39 is 21.5 Å². The number of rotatable bonds is 7. The van der Waals surface area contributed by atoms with Crippen LogP contribution in [0.25, 0.3) is 0 Å². The Labute approximate surface area is 188 Å². The van der Waals surface area contributed by atoms with Crippen molar-refractivity contribution in [2.75, 3.05) is 12.3 Å². The molecule has 1 N–H and O–H groups in total. The molecule has 1 saturated heterocycles. The van der Waals surface area contributed by atoms with Crippen molar-refractivity contribution in [3.63, 3.8) is 0 Å². The molecular weight excluding hydrogens is 416 g/mol. The summed E-state index contributed by atoms with van der Waals surface area (Å²) >= 11 is 0. The van der Waals surface area contributed by atoms with Crippen molar-refractivity contribution < 1.29 is 23.4 Å². The first-order chi connectivity index (χ1) is 14.2. The lowest BCUT2D eigenvalue weighted by Gasteiger charge is -2.32. The average molecular weight is 455 g/mol. The van der Waals surface area contributed by atoms with Crippen molar-refractivity contribution >= 4 is 34.3 Å². The molecular formula is C23H38N2O5S. The number of likely N-dealkylation sites (tertiary alicyclic amines) is 1. The van der Waals surface area contributed by atoms with E-state index in [4.69, 9.17) is 0 Å². The third-order valence-corrected chi connectivity index (χ3v) is 7.65. The predicted octanol–water partition coefficient (Wildman–Crippen LogP) is 2.59. The van der Waals surface area contributed by atoms with Gasteiger partial charge in [-0.15, -0.1) is 0 Å². The van der Waals surface area contributed by atoms with Crippen LogP contribution in [-0.2, 0) is 30.0 Å².